The normalized spacial score (nSPS) is 18.8. The lowest BCUT2D eigenvalue weighted by molar-refractivity contribution is -0.126. The van der Waals surface area contributed by atoms with Gasteiger partial charge in [0.05, 0.1) is 22.0 Å². The van der Waals surface area contributed by atoms with E-state index in [1.165, 1.54) is 12.1 Å². The average Bonchev–Trinajstić information content (AvgIpc) is 3.25. The Hall–Kier alpha value is -3.56. The van der Waals surface area contributed by atoms with E-state index in [0.717, 1.165) is 22.5 Å². The lowest BCUT2D eigenvalue weighted by atomic mass is 9.85. The molecule has 198 valence electrons. The zero-order valence-electron chi connectivity index (χ0n) is 21.4. The molecule has 1 fully saturated rings. The first kappa shape index (κ1) is 26.1. The zero-order chi connectivity index (χ0) is 26.9. The van der Waals surface area contributed by atoms with Gasteiger partial charge in [-0.1, -0.05) is 42.5 Å². The Kier molecular flexibility index (Phi) is 7.32. The van der Waals surface area contributed by atoms with Crippen molar-refractivity contribution in [2.24, 2.45) is 13.0 Å². The number of fused-ring (bicyclic) bond motifs is 1. The van der Waals surface area contributed by atoms with Crippen molar-refractivity contribution in [1.29, 1.82) is 0 Å². The van der Waals surface area contributed by atoms with E-state index in [1.807, 2.05) is 48.9 Å². The Labute approximate surface area is 222 Å². The van der Waals surface area contributed by atoms with Crippen LogP contribution in [0.5, 0.6) is 0 Å². The molecule has 0 spiro atoms. The van der Waals surface area contributed by atoms with Crippen molar-refractivity contribution in [2.75, 3.05) is 0 Å². The lowest BCUT2D eigenvalue weighted by Gasteiger charge is -2.29. The quantitative estimate of drug-likeness (QED) is 0.345. The largest absolute Gasteiger partial charge is 0.349 e. The van der Waals surface area contributed by atoms with Gasteiger partial charge in [-0.05, 0) is 68.5 Å². The Morgan fingerprint density at radius 3 is 2.37 bits per heavy atom. The molecule has 3 aromatic carbocycles. The molecule has 4 aromatic rings. The number of nitrogens with one attached hydrogen (secondary N) is 2. The van der Waals surface area contributed by atoms with Crippen molar-refractivity contribution in [3.8, 4) is 11.4 Å². The molecule has 38 heavy (non-hydrogen) atoms. The van der Waals surface area contributed by atoms with E-state index in [9.17, 15) is 17.6 Å². The van der Waals surface area contributed by atoms with Crippen LogP contribution in [0.2, 0.25) is 0 Å². The smallest absolute Gasteiger partial charge is 0.240 e. The maximum absolute atomic E-state index is 13.2. The van der Waals surface area contributed by atoms with Crippen LogP contribution in [0.1, 0.15) is 44.2 Å². The summed E-state index contributed by atoms with van der Waals surface area (Å²) >= 11 is 0. The molecule has 1 aromatic heterocycles. The van der Waals surface area contributed by atoms with E-state index in [0.29, 0.717) is 31.2 Å². The van der Waals surface area contributed by atoms with E-state index in [-0.39, 0.29) is 34.6 Å². The summed E-state index contributed by atoms with van der Waals surface area (Å²) in [6.07, 6.45) is 2.34. The van der Waals surface area contributed by atoms with E-state index in [4.69, 9.17) is 4.98 Å². The second-order valence-corrected chi connectivity index (χ2v) is 11.7. The molecule has 1 saturated carbocycles. The van der Waals surface area contributed by atoms with Gasteiger partial charge in [0.1, 0.15) is 11.6 Å². The first-order valence-electron chi connectivity index (χ1n) is 12.8. The van der Waals surface area contributed by atoms with Crippen LogP contribution in [-0.4, -0.2) is 29.9 Å². The first-order valence-corrected chi connectivity index (χ1v) is 14.3. The monoisotopic (exact) mass is 534 g/mol. The second kappa shape index (κ2) is 10.7. The number of aryl methyl sites for hydroxylation is 1. The van der Waals surface area contributed by atoms with Crippen LogP contribution in [0.25, 0.3) is 22.4 Å². The van der Waals surface area contributed by atoms with E-state index >= 15 is 0 Å². The van der Waals surface area contributed by atoms with Crippen LogP contribution >= 0.6 is 0 Å². The Bertz CT molecular complexity index is 1540. The number of amides is 1. The van der Waals surface area contributed by atoms with Crippen LogP contribution in [0.3, 0.4) is 0 Å². The van der Waals surface area contributed by atoms with Gasteiger partial charge in [-0.25, -0.2) is 22.5 Å². The number of halogens is 1. The van der Waals surface area contributed by atoms with Crippen molar-refractivity contribution in [2.45, 2.75) is 49.6 Å². The van der Waals surface area contributed by atoms with Crippen LogP contribution < -0.4 is 10.0 Å². The zero-order valence-corrected chi connectivity index (χ0v) is 22.2. The first-order chi connectivity index (χ1) is 18.2. The van der Waals surface area contributed by atoms with Gasteiger partial charge in [0.15, 0.2) is 0 Å². The van der Waals surface area contributed by atoms with Crippen molar-refractivity contribution in [1.82, 2.24) is 19.6 Å². The fourth-order valence-corrected chi connectivity index (χ4v) is 6.44. The number of nitrogens with zero attached hydrogens (tertiary/aromatic N) is 2. The summed E-state index contributed by atoms with van der Waals surface area (Å²) in [7, 11) is -1.83. The summed E-state index contributed by atoms with van der Waals surface area (Å²) in [5.41, 5.74) is 3.26. The average molecular weight is 535 g/mol. The molecule has 0 radical (unpaired) electrons. The maximum atomic E-state index is 13.2. The molecule has 9 heteroatoms. The van der Waals surface area contributed by atoms with Crippen LogP contribution in [0.4, 0.5) is 4.39 Å². The second-order valence-electron chi connectivity index (χ2n) is 9.96. The molecule has 1 unspecified atom stereocenters. The predicted molar refractivity (Wildman–Crippen MR) is 145 cm³/mol. The van der Waals surface area contributed by atoms with Crippen molar-refractivity contribution in [3.63, 3.8) is 0 Å². The number of sulfonamides is 1. The Morgan fingerprint density at radius 2 is 1.68 bits per heavy atom. The molecular weight excluding hydrogens is 503 g/mol. The molecule has 1 aliphatic rings. The maximum Gasteiger partial charge on any atom is 0.240 e. The van der Waals surface area contributed by atoms with Crippen molar-refractivity contribution in [3.05, 3.63) is 84.2 Å². The molecule has 0 aliphatic heterocycles. The van der Waals surface area contributed by atoms with Gasteiger partial charge in [-0.3, -0.25) is 4.79 Å². The number of carbonyl (C=O) groups excluding carboxylic acids is 1. The van der Waals surface area contributed by atoms with Gasteiger partial charge in [0.2, 0.25) is 15.9 Å². The molecule has 1 atom stereocenters. The van der Waals surface area contributed by atoms with E-state index < -0.39 is 10.0 Å². The number of rotatable bonds is 7. The van der Waals surface area contributed by atoms with E-state index in [2.05, 4.69) is 10.0 Å². The Balaban J connectivity index is 1.21. The third-order valence-electron chi connectivity index (χ3n) is 7.34. The van der Waals surface area contributed by atoms with Gasteiger partial charge in [-0.2, -0.15) is 0 Å². The van der Waals surface area contributed by atoms with Crippen molar-refractivity contribution >= 4 is 27.0 Å². The molecular formula is C29H31FN4O3S. The third-order valence-corrected chi connectivity index (χ3v) is 8.86. The Morgan fingerprint density at radius 1 is 1.00 bits per heavy atom. The summed E-state index contributed by atoms with van der Waals surface area (Å²) in [4.78, 5) is 17.7. The highest BCUT2D eigenvalue weighted by molar-refractivity contribution is 7.89. The molecule has 1 heterocycles. The van der Waals surface area contributed by atoms with Gasteiger partial charge in [0.25, 0.3) is 0 Å². The molecule has 1 aliphatic carbocycles. The van der Waals surface area contributed by atoms with E-state index in [1.54, 1.807) is 30.3 Å². The highest BCUT2D eigenvalue weighted by atomic mass is 32.2. The van der Waals surface area contributed by atoms with Gasteiger partial charge in [-0.15, -0.1) is 0 Å². The van der Waals surface area contributed by atoms with Crippen LogP contribution in [-0.2, 0) is 21.9 Å². The molecule has 7 nitrogen and oxygen atoms in total. The summed E-state index contributed by atoms with van der Waals surface area (Å²) < 4.78 is 44.4. The summed E-state index contributed by atoms with van der Waals surface area (Å²) in [6, 6.07) is 20.4. The third kappa shape index (κ3) is 5.49. The summed E-state index contributed by atoms with van der Waals surface area (Å²) in [5, 5.41) is 3.00. The predicted octanol–water partition coefficient (Wildman–Crippen LogP) is 5.09. The molecule has 0 saturated heterocycles. The number of carbonyl (C=O) groups is 1. The summed E-state index contributed by atoms with van der Waals surface area (Å²) in [6.45, 7) is 1.87. The molecule has 2 N–H and O–H groups in total. The molecule has 5 rings (SSSR count). The SMILES string of the molecule is CC(NC(=O)C1CCC(NS(=O)(=O)c2ccc3c(c2)nc(-c2ccccc2)n3C)CC1)c1ccc(F)cc1. The number of hydrogen-bond acceptors (Lipinski definition) is 4. The fourth-order valence-electron chi connectivity index (χ4n) is 5.12. The standard InChI is InChI=1S/C29H31FN4O3S/c1-19(20-8-12-23(30)13-9-20)31-29(35)22-10-14-24(15-11-22)33-38(36,37)25-16-17-27-26(18-25)32-28(34(27)2)21-6-4-3-5-7-21/h3-9,12-13,16-19,22,24,33H,10-11,14-15H2,1-2H3,(H,31,35). The van der Waals surface area contributed by atoms with Gasteiger partial charge in [0, 0.05) is 24.6 Å². The number of aromatic nitrogens is 2. The highest BCUT2D eigenvalue weighted by Gasteiger charge is 2.30. The minimum absolute atomic E-state index is 0.0574. The number of hydrogen-bond donors (Lipinski definition) is 2. The summed E-state index contributed by atoms with van der Waals surface area (Å²) in [5.74, 6) is 0.219. The van der Waals surface area contributed by atoms with Crippen molar-refractivity contribution < 1.29 is 17.6 Å². The molecule has 1 amide bonds. The van der Waals surface area contributed by atoms with Gasteiger partial charge >= 0.3 is 0 Å². The minimum Gasteiger partial charge on any atom is -0.349 e. The van der Waals surface area contributed by atoms with Gasteiger partial charge < -0.3 is 9.88 Å². The number of benzene rings is 3. The topological polar surface area (TPSA) is 93.1 Å². The van der Waals surface area contributed by atoms with Crippen LogP contribution in [0, 0.1) is 11.7 Å². The fraction of sp³-hybridized carbons (Fsp3) is 0.310. The minimum atomic E-state index is -3.75. The van der Waals surface area contributed by atoms with Crippen LogP contribution in [0.15, 0.2) is 77.7 Å². The lowest BCUT2D eigenvalue weighted by Crippen LogP contribution is -2.41. The number of imidazole rings is 1. The highest BCUT2D eigenvalue weighted by Crippen LogP contribution is 2.28. The molecule has 0 bridgehead atoms.